The van der Waals surface area contributed by atoms with Gasteiger partial charge in [-0.1, -0.05) is 233 Å². The molecule has 0 amide bonds. The maximum absolute atomic E-state index is 13.1. The number of esters is 4. The molecule has 0 heterocycles. The van der Waals surface area contributed by atoms with Gasteiger partial charge in [0.1, 0.15) is 19.3 Å². The number of carbonyl (C=O) groups is 4. The van der Waals surface area contributed by atoms with Gasteiger partial charge in [-0.05, 0) is 148 Å². The summed E-state index contributed by atoms with van der Waals surface area (Å²) in [5.41, 5.74) is 0. The number of phosphoric ester groups is 2. The molecule has 19 heteroatoms. The summed E-state index contributed by atoms with van der Waals surface area (Å²) in [6.07, 6.45) is 73.5. The number of aliphatic hydroxyl groups excluding tert-OH is 1. The monoisotopic (exact) mass is 1390 g/mol. The van der Waals surface area contributed by atoms with Crippen LogP contribution in [0.5, 0.6) is 0 Å². The van der Waals surface area contributed by atoms with Gasteiger partial charge in [-0.15, -0.1) is 0 Å². The molecule has 0 rings (SSSR count). The fourth-order valence-electron chi connectivity index (χ4n) is 9.29. The van der Waals surface area contributed by atoms with E-state index in [1.807, 2.05) is 0 Å². The predicted molar refractivity (Wildman–Crippen MR) is 390 cm³/mol. The number of allylic oxidation sites excluding steroid dienone is 20. The number of carbonyl (C=O) groups excluding carboxylic acids is 4. The lowest BCUT2D eigenvalue weighted by molar-refractivity contribution is -0.161. The Morgan fingerprint density at radius 1 is 0.302 bits per heavy atom. The molecule has 0 bridgehead atoms. The molecule has 3 N–H and O–H groups in total. The summed E-state index contributed by atoms with van der Waals surface area (Å²) in [6.45, 7) is 4.48. The molecule has 0 saturated carbocycles. The van der Waals surface area contributed by atoms with Crippen molar-refractivity contribution < 1.29 is 80.2 Å². The molecule has 0 aliphatic rings. The number of unbranched alkanes of at least 4 members (excludes halogenated alkanes) is 22. The van der Waals surface area contributed by atoms with Gasteiger partial charge in [-0.3, -0.25) is 37.3 Å². The zero-order valence-corrected chi connectivity index (χ0v) is 61.5. The summed E-state index contributed by atoms with van der Waals surface area (Å²) in [4.78, 5) is 72.7. The van der Waals surface area contributed by atoms with Crippen LogP contribution in [0.15, 0.2) is 122 Å². The number of hydrogen-bond donors (Lipinski definition) is 3. The Morgan fingerprint density at radius 2 is 0.552 bits per heavy atom. The molecule has 5 atom stereocenters. The molecule has 17 nitrogen and oxygen atoms in total. The van der Waals surface area contributed by atoms with E-state index in [-0.39, 0.29) is 25.7 Å². The molecule has 0 fully saturated rings. The second-order valence-electron chi connectivity index (χ2n) is 24.1. The van der Waals surface area contributed by atoms with Gasteiger partial charge < -0.3 is 33.8 Å². The normalized spacial score (nSPS) is 14.7. The van der Waals surface area contributed by atoms with Crippen LogP contribution in [0.2, 0.25) is 0 Å². The lowest BCUT2D eigenvalue weighted by Gasteiger charge is -2.21. The fraction of sp³-hybridized carbons (Fsp3) is 0.688. The van der Waals surface area contributed by atoms with E-state index in [0.29, 0.717) is 25.7 Å². The quantitative estimate of drug-likeness (QED) is 0.0169. The molecular formula is C77H130O17P2. The lowest BCUT2D eigenvalue weighted by atomic mass is 10.1. The molecule has 550 valence electrons. The maximum Gasteiger partial charge on any atom is 0.472 e. The SMILES string of the molecule is CC/C=C\C/C=C\C/C=C\C/C=C\CCCCCCC(=O)OCC(COP(=O)(O)OCC(O)COP(=O)(O)OCC(COC(=O)CCCC/C=C\C/C=C\C/C=C\C/C=C\CC)OC(=O)CCCCCCC/C=C\CCCC)OC(=O)CCCCCCC/C=C\CCCCCC. The Bertz CT molecular complexity index is 2300. The number of hydrogen-bond acceptors (Lipinski definition) is 15. The second kappa shape index (κ2) is 69.0. The Balaban J connectivity index is 5.38. The van der Waals surface area contributed by atoms with Crippen LogP contribution in [0.25, 0.3) is 0 Å². The third-order valence-corrected chi connectivity index (χ3v) is 16.8. The highest BCUT2D eigenvalue weighted by Gasteiger charge is 2.30. The van der Waals surface area contributed by atoms with Crippen LogP contribution in [-0.2, 0) is 65.4 Å². The van der Waals surface area contributed by atoms with Gasteiger partial charge in [0.15, 0.2) is 12.2 Å². The first-order valence-corrected chi connectivity index (χ1v) is 39.8. The molecule has 5 unspecified atom stereocenters. The highest BCUT2D eigenvalue weighted by Crippen LogP contribution is 2.45. The van der Waals surface area contributed by atoms with E-state index in [4.69, 9.17) is 37.0 Å². The van der Waals surface area contributed by atoms with Crippen LogP contribution in [-0.4, -0.2) is 96.7 Å². The van der Waals surface area contributed by atoms with E-state index >= 15 is 0 Å². The number of aliphatic hydroxyl groups is 1. The van der Waals surface area contributed by atoms with Crippen LogP contribution in [0.3, 0.4) is 0 Å². The Morgan fingerprint density at radius 3 is 0.896 bits per heavy atom. The van der Waals surface area contributed by atoms with Crippen LogP contribution in [0.1, 0.15) is 285 Å². The van der Waals surface area contributed by atoms with Crippen molar-refractivity contribution in [1.82, 2.24) is 0 Å². The van der Waals surface area contributed by atoms with Crippen LogP contribution in [0.4, 0.5) is 0 Å². The second-order valence-corrected chi connectivity index (χ2v) is 27.0. The zero-order valence-electron chi connectivity index (χ0n) is 59.8. The van der Waals surface area contributed by atoms with Crippen molar-refractivity contribution in [3.63, 3.8) is 0 Å². The molecule has 0 aliphatic heterocycles. The van der Waals surface area contributed by atoms with E-state index in [9.17, 15) is 43.2 Å². The molecule has 0 saturated heterocycles. The van der Waals surface area contributed by atoms with Gasteiger partial charge in [0.05, 0.1) is 26.4 Å². The topological polar surface area (TPSA) is 237 Å². The van der Waals surface area contributed by atoms with Crippen LogP contribution in [0, 0.1) is 0 Å². The molecule has 0 aromatic rings. The van der Waals surface area contributed by atoms with Crippen molar-refractivity contribution in [1.29, 1.82) is 0 Å². The standard InChI is InChI=1S/C77H130O17P2/c1-5-9-13-17-21-25-29-32-34-35-37-40-43-46-50-54-58-62-75(80)88-68-73(94-77(82)64-60-56-52-48-44-38-31-27-23-19-15-11-7-3)70-92-96(85,86)90-66-71(78)65-89-95(83,84)91-69-72(93-76(81)63-59-55-51-47-41-28-24-20-16-12-8-4)67-87-74(79)61-57-53-49-45-42-39-36-33-30-26-22-18-14-10-6-2/h9-10,13-14,20-22,24-27,31-34,36-37,40,42,45,71-73,78H,5-8,11-12,15-19,23,28-30,35,38-39,41,43-44,46-70H2,1-4H3,(H,83,84)(H,85,86)/b13-9-,14-10-,24-20-,25-21-,26-22-,31-27-,34-32-,36-33-,40-37-,45-42-. The fourth-order valence-corrected chi connectivity index (χ4v) is 10.9. The van der Waals surface area contributed by atoms with Crippen molar-refractivity contribution in [2.24, 2.45) is 0 Å². The number of rotatable bonds is 68. The molecular weight excluding hydrogens is 1260 g/mol. The molecule has 0 aliphatic carbocycles. The van der Waals surface area contributed by atoms with Gasteiger partial charge in [0.2, 0.25) is 0 Å². The predicted octanol–water partition coefficient (Wildman–Crippen LogP) is 20.8. The summed E-state index contributed by atoms with van der Waals surface area (Å²) >= 11 is 0. The highest BCUT2D eigenvalue weighted by molar-refractivity contribution is 7.47. The summed E-state index contributed by atoms with van der Waals surface area (Å²) in [7, 11) is -9.97. The van der Waals surface area contributed by atoms with Gasteiger partial charge >= 0.3 is 39.5 Å². The number of phosphoric acid groups is 2. The van der Waals surface area contributed by atoms with E-state index < -0.39 is 97.5 Å². The molecule has 0 spiro atoms. The van der Waals surface area contributed by atoms with Gasteiger partial charge in [0.25, 0.3) is 0 Å². The van der Waals surface area contributed by atoms with E-state index in [1.165, 1.54) is 38.5 Å². The molecule has 96 heavy (non-hydrogen) atoms. The average Bonchev–Trinajstić information content (AvgIpc) is 1.17. The third-order valence-electron chi connectivity index (χ3n) is 14.9. The van der Waals surface area contributed by atoms with Crippen molar-refractivity contribution >= 4 is 39.5 Å². The third kappa shape index (κ3) is 68.0. The van der Waals surface area contributed by atoms with Crippen LogP contribution < -0.4 is 0 Å². The molecule has 0 aromatic carbocycles. The summed E-state index contributed by atoms with van der Waals surface area (Å²) in [5, 5.41) is 10.6. The van der Waals surface area contributed by atoms with Crippen molar-refractivity contribution in [2.75, 3.05) is 39.6 Å². The smallest absolute Gasteiger partial charge is 0.462 e. The van der Waals surface area contributed by atoms with E-state index in [2.05, 4.69) is 149 Å². The minimum atomic E-state index is -4.98. The van der Waals surface area contributed by atoms with Crippen LogP contribution >= 0.6 is 15.6 Å². The average molecular weight is 1390 g/mol. The lowest BCUT2D eigenvalue weighted by Crippen LogP contribution is -2.30. The zero-order chi connectivity index (χ0) is 70.4. The Hall–Kier alpha value is -4.54. The number of ether oxygens (including phenoxy) is 4. The largest absolute Gasteiger partial charge is 0.472 e. The minimum absolute atomic E-state index is 0.0726. The van der Waals surface area contributed by atoms with Crippen molar-refractivity contribution in [3.8, 4) is 0 Å². The van der Waals surface area contributed by atoms with Gasteiger partial charge in [-0.25, -0.2) is 9.13 Å². The highest BCUT2D eigenvalue weighted by atomic mass is 31.2. The van der Waals surface area contributed by atoms with Gasteiger partial charge in [-0.2, -0.15) is 0 Å². The first kappa shape index (κ1) is 91.5. The van der Waals surface area contributed by atoms with E-state index in [1.54, 1.807) is 0 Å². The Labute approximate surface area is 581 Å². The summed E-state index contributed by atoms with van der Waals surface area (Å²) in [5.74, 6) is -2.27. The Kier molecular flexibility index (Phi) is 65.7. The summed E-state index contributed by atoms with van der Waals surface area (Å²) in [6, 6.07) is 0. The molecule has 0 radical (unpaired) electrons. The first-order chi connectivity index (χ1) is 46.7. The molecule has 0 aromatic heterocycles. The van der Waals surface area contributed by atoms with E-state index in [0.717, 1.165) is 167 Å². The summed E-state index contributed by atoms with van der Waals surface area (Å²) < 4.78 is 68.3. The first-order valence-electron chi connectivity index (χ1n) is 36.8. The minimum Gasteiger partial charge on any atom is -0.462 e. The van der Waals surface area contributed by atoms with Gasteiger partial charge in [0, 0.05) is 25.7 Å². The maximum atomic E-state index is 13.1. The van der Waals surface area contributed by atoms with Crippen molar-refractivity contribution in [2.45, 2.75) is 303 Å². The van der Waals surface area contributed by atoms with Crippen molar-refractivity contribution in [3.05, 3.63) is 122 Å².